The molecule has 1 heterocycles. The number of hydrogen-bond acceptors (Lipinski definition) is 3. The van der Waals surface area contributed by atoms with Gasteiger partial charge in [-0.05, 0) is 24.9 Å². The van der Waals surface area contributed by atoms with Crippen LogP contribution >= 0.6 is 11.6 Å². The van der Waals surface area contributed by atoms with Crippen molar-refractivity contribution in [2.45, 2.75) is 32.2 Å². The van der Waals surface area contributed by atoms with Crippen LogP contribution in [-0.2, 0) is 0 Å². The first-order chi connectivity index (χ1) is 7.70. The number of nitrogen functional groups attached to an aromatic ring is 1. The van der Waals surface area contributed by atoms with E-state index in [2.05, 4.69) is 17.2 Å². The maximum Gasteiger partial charge on any atom is 0.128 e. The Hall–Kier alpha value is -0.800. The summed E-state index contributed by atoms with van der Waals surface area (Å²) in [6.07, 6.45) is 5.42. The lowest BCUT2D eigenvalue weighted by Gasteiger charge is -2.19. The van der Waals surface area contributed by atoms with E-state index in [0.717, 1.165) is 24.4 Å². The second kappa shape index (κ2) is 5.02. The molecule has 0 spiro atoms. The summed E-state index contributed by atoms with van der Waals surface area (Å²) >= 11 is 5.97. The highest BCUT2D eigenvalue weighted by Gasteiger charge is 2.27. The first-order valence-corrected chi connectivity index (χ1v) is 6.22. The maximum atomic E-state index is 5.97. The van der Waals surface area contributed by atoms with Crippen LogP contribution in [0.5, 0.6) is 0 Å². The van der Waals surface area contributed by atoms with Crippen LogP contribution in [0.2, 0.25) is 5.02 Å². The summed E-state index contributed by atoms with van der Waals surface area (Å²) in [5.41, 5.74) is 6.95. The zero-order valence-corrected chi connectivity index (χ0v) is 10.3. The fourth-order valence-corrected chi connectivity index (χ4v) is 2.16. The number of hydrogen-bond donors (Lipinski definition) is 2. The molecule has 1 aliphatic rings. The van der Waals surface area contributed by atoms with Crippen molar-refractivity contribution in [2.75, 3.05) is 12.3 Å². The van der Waals surface area contributed by atoms with Gasteiger partial charge < -0.3 is 11.1 Å². The van der Waals surface area contributed by atoms with Crippen LogP contribution < -0.4 is 11.1 Å². The molecule has 3 nitrogen and oxygen atoms in total. The summed E-state index contributed by atoms with van der Waals surface area (Å²) in [7, 11) is 0. The Morgan fingerprint density at radius 3 is 3.00 bits per heavy atom. The Bertz CT molecular complexity index is 363. The Morgan fingerprint density at radius 1 is 1.62 bits per heavy atom. The minimum Gasteiger partial charge on any atom is -0.383 e. The molecule has 1 aliphatic carbocycles. The molecule has 1 atom stereocenters. The molecule has 1 aromatic heterocycles. The molecule has 1 fully saturated rings. The van der Waals surface area contributed by atoms with Crippen molar-refractivity contribution in [3.8, 4) is 0 Å². The lowest BCUT2D eigenvalue weighted by molar-refractivity contribution is 0.487. The molecule has 1 unspecified atom stereocenters. The second-order valence-corrected chi connectivity index (χ2v) is 4.85. The SMILES string of the molecule is CCNC(CC1CC1)c1cc(Cl)cnc1N. The van der Waals surface area contributed by atoms with Crippen molar-refractivity contribution >= 4 is 17.4 Å². The topological polar surface area (TPSA) is 50.9 Å². The van der Waals surface area contributed by atoms with E-state index in [1.54, 1.807) is 6.20 Å². The number of nitrogens with zero attached hydrogens (tertiary/aromatic N) is 1. The normalized spacial score (nSPS) is 17.4. The van der Waals surface area contributed by atoms with Gasteiger partial charge in [0.1, 0.15) is 5.82 Å². The van der Waals surface area contributed by atoms with Crippen molar-refractivity contribution in [3.05, 3.63) is 22.8 Å². The minimum absolute atomic E-state index is 0.295. The average Bonchev–Trinajstić information content (AvgIpc) is 3.05. The van der Waals surface area contributed by atoms with Gasteiger partial charge in [-0.1, -0.05) is 31.4 Å². The van der Waals surface area contributed by atoms with Crippen LogP contribution in [-0.4, -0.2) is 11.5 Å². The van der Waals surface area contributed by atoms with Gasteiger partial charge in [0.2, 0.25) is 0 Å². The smallest absolute Gasteiger partial charge is 0.128 e. The fourth-order valence-electron chi connectivity index (χ4n) is 2.00. The van der Waals surface area contributed by atoms with Crippen LogP contribution in [0.1, 0.15) is 37.8 Å². The quantitative estimate of drug-likeness (QED) is 0.831. The van der Waals surface area contributed by atoms with Crippen LogP contribution in [0.4, 0.5) is 5.82 Å². The van der Waals surface area contributed by atoms with E-state index in [4.69, 9.17) is 17.3 Å². The molecule has 1 saturated carbocycles. The summed E-state index contributed by atoms with van der Waals surface area (Å²) in [6.45, 7) is 3.04. The van der Waals surface area contributed by atoms with E-state index < -0.39 is 0 Å². The average molecular weight is 240 g/mol. The Morgan fingerprint density at radius 2 is 2.38 bits per heavy atom. The first-order valence-electron chi connectivity index (χ1n) is 5.85. The summed E-state index contributed by atoms with van der Waals surface area (Å²) in [5, 5.41) is 4.12. The Kier molecular flexibility index (Phi) is 3.66. The molecule has 0 aromatic carbocycles. The number of pyridine rings is 1. The summed E-state index contributed by atoms with van der Waals surface area (Å²) in [4.78, 5) is 4.12. The van der Waals surface area contributed by atoms with Crippen LogP contribution in [0.3, 0.4) is 0 Å². The van der Waals surface area contributed by atoms with E-state index in [1.807, 2.05) is 6.07 Å². The van der Waals surface area contributed by atoms with Crippen molar-refractivity contribution in [3.63, 3.8) is 0 Å². The van der Waals surface area contributed by atoms with Gasteiger partial charge in [0.25, 0.3) is 0 Å². The minimum atomic E-state index is 0.295. The predicted octanol–water partition coefficient (Wildman–Crippen LogP) is 2.77. The lowest BCUT2D eigenvalue weighted by atomic mass is 10.0. The molecule has 4 heteroatoms. The lowest BCUT2D eigenvalue weighted by Crippen LogP contribution is -2.22. The molecular weight excluding hydrogens is 222 g/mol. The van der Waals surface area contributed by atoms with Crippen molar-refractivity contribution in [1.82, 2.24) is 10.3 Å². The van der Waals surface area contributed by atoms with Gasteiger partial charge >= 0.3 is 0 Å². The van der Waals surface area contributed by atoms with Gasteiger partial charge in [-0.15, -0.1) is 0 Å². The molecule has 1 aromatic rings. The van der Waals surface area contributed by atoms with E-state index in [9.17, 15) is 0 Å². The number of nitrogens with one attached hydrogen (secondary N) is 1. The molecule has 3 N–H and O–H groups in total. The third kappa shape index (κ3) is 2.86. The predicted molar refractivity (Wildman–Crippen MR) is 67.4 cm³/mol. The zero-order valence-electron chi connectivity index (χ0n) is 9.54. The van der Waals surface area contributed by atoms with Gasteiger partial charge in [0.15, 0.2) is 0 Å². The fraction of sp³-hybridized carbons (Fsp3) is 0.583. The molecule has 2 rings (SSSR count). The molecule has 0 radical (unpaired) electrons. The number of rotatable bonds is 5. The highest BCUT2D eigenvalue weighted by molar-refractivity contribution is 6.30. The van der Waals surface area contributed by atoms with Gasteiger partial charge in [-0.25, -0.2) is 4.98 Å². The number of anilines is 1. The Balaban J connectivity index is 2.18. The number of aromatic nitrogens is 1. The highest BCUT2D eigenvalue weighted by Crippen LogP contribution is 2.38. The summed E-state index contributed by atoms with van der Waals surface area (Å²) in [6, 6.07) is 2.23. The molecule has 88 valence electrons. The monoisotopic (exact) mass is 239 g/mol. The van der Waals surface area contributed by atoms with E-state index in [0.29, 0.717) is 16.9 Å². The highest BCUT2D eigenvalue weighted by atomic mass is 35.5. The molecule has 16 heavy (non-hydrogen) atoms. The molecule has 0 bridgehead atoms. The third-order valence-electron chi connectivity index (χ3n) is 3.01. The Labute approximate surface area is 101 Å². The standard InChI is InChI=1S/C12H18ClN3/c1-2-15-11(5-8-3-4-8)10-6-9(13)7-16-12(10)14/h6-8,11,15H,2-5H2,1H3,(H2,14,16). The van der Waals surface area contributed by atoms with Crippen LogP contribution in [0, 0.1) is 5.92 Å². The van der Waals surface area contributed by atoms with Gasteiger partial charge in [-0.2, -0.15) is 0 Å². The van der Waals surface area contributed by atoms with E-state index >= 15 is 0 Å². The maximum absolute atomic E-state index is 5.97. The van der Waals surface area contributed by atoms with Crippen molar-refractivity contribution in [2.24, 2.45) is 5.92 Å². The van der Waals surface area contributed by atoms with Crippen LogP contribution in [0.15, 0.2) is 12.3 Å². The van der Waals surface area contributed by atoms with E-state index in [1.165, 1.54) is 12.8 Å². The summed E-state index contributed by atoms with van der Waals surface area (Å²) < 4.78 is 0. The van der Waals surface area contributed by atoms with E-state index in [-0.39, 0.29) is 0 Å². The molecular formula is C12H18ClN3. The van der Waals surface area contributed by atoms with Gasteiger partial charge in [0, 0.05) is 17.8 Å². The van der Waals surface area contributed by atoms with Crippen molar-refractivity contribution in [1.29, 1.82) is 0 Å². The van der Waals surface area contributed by atoms with Crippen molar-refractivity contribution < 1.29 is 0 Å². The third-order valence-corrected chi connectivity index (χ3v) is 3.21. The molecule has 0 saturated heterocycles. The first kappa shape index (κ1) is 11.7. The second-order valence-electron chi connectivity index (χ2n) is 4.42. The van der Waals surface area contributed by atoms with Crippen LogP contribution in [0.25, 0.3) is 0 Å². The largest absolute Gasteiger partial charge is 0.383 e. The zero-order chi connectivity index (χ0) is 11.5. The summed E-state index contributed by atoms with van der Waals surface area (Å²) in [5.74, 6) is 1.44. The number of nitrogens with two attached hydrogens (primary N) is 1. The number of halogens is 1. The van der Waals surface area contributed by atoms with Gasteiger partial charge in [-0.3, -0.25) is 0 Å². The molecule has 0 amide bonds. The molecule has 0 aliphatic heterocycles. The van der Waals surface area contributed by atoms with Gasteiger partial charge in [0.05, 0.1) is 5.02 Å².